The molecule has 3 N–H and O–H groups in total. The fourth-order valence-corrected chi connectivity index (χ4v) is 2.34. The zero-order valence-electron chi connectivity index (χ0n) is 11.0. The van der Waals surface area contributed by atoms with Gasteiger partial charge in [-0.25, -0.2) is 0 Å². The minimum atomic E-state index is -0.454. The molecule has 0 spiro atoms. The van der Waals surface area contributed by atoms with Gasteiger partial charge in [-0.05, 0) is 18.7 Å². The second-order valence-electron chi connectivity index (χ2n) is 4.87. The maximum absolute atomic E-state index is 9.55. The Labute approximate surface area is 108 Å². The van der Waals surface area contributed by atoms with Gasteiger partial charge in [0.1, 0.15) is 0 Å². The molecule has 2 aromatic rings. The highest BCUT2D eigenvalue weighted by Crippen LogP contribution is 2.21. The lowest BCUT2D eigenvalue weighted by molar-refractivity contribution is 0.129. The number of aryl methyl sites for hydroxylation is 1. The van der Waals surface area contributed by atoms with E-state index in [1.165, 1.54) is 16.5 Å². The van der Waals surface area contributed by atoms with Gasteiger partial charge in [-0.1, -0.05) is 18.2 Å². The van der Waals surface area contributed by atoms with E-state index in [9.17, 15) is 5.11 Å². The number of likely N-dealkylation sites (N-methyl/N-ethyl adjacent to an activating group) is 1. The summed E-state index contributed by atoms with van der Waals surface area (Å²) in [7, 11) is 4.06. The Bertz CT molecular complexity index is 521. The molecule has 0 saturated heterocycles. The third-order valence-corrected chi connectivity index (χ3v) is 3.21. The normalized spacial score (nSPS) is 13.4. The second kappa shape index (κ2) is 5.52. The smallest absolute Gasteiger partial charge is 0.0789 e. The number of nitrogens with two attached hydrogens (primary N) is 1. The van der Waals surface area contributed by atoms with Crippen molar-refractivity contribution in [1.29, 1.82) is 0 Å². The maximum atomic E-state index is 9.55. The van der Waals surface area contributed by atoms with Gasteiger partial charge in [0.25, 0.3) is 0 Å². The maximum Gasteiger partial charge on any atom is 0.0789 e. The highest BCUT2D eigenvalue weighted by molar-refractivity contribution is 5.83. The predicted molar refractivity (Wildman–Crippen MR) is 74.3 cm³/mol. The van der Waals surface area contributed by atoms with Crippen LogP contribution in [0.3, 0.4) is 0 Å². The first-order valence-corrected chi connectivity index (χ1v) is 6.21. The number of hydrogen-bond donors (Lipinski definition) is 2. The molecule has 0 radical (unpaired) electrons. The monoisotopic (exact) mass is 247 g/mol. The number of aliphatic hydroxyl groups is 1. The number of rotatable bonds is 5. The summed E-state index contributed by atoms with van der Waals surface area (Å²) in [4.78, 5) is 2.10. The van der Waals surface area contributed by atoms with Crippen LogP contribution in [-0.4, -0.2) is 40.8 Å². The molecule has 1 atom stereocenters. The lowest BCUT2D eigenvalue weighted by Gasteiger charge is -2.19. The molecular weight excluding hydrogens is 226 g/mol. The number of nitrogens with zero attached hydrogens (tertiary/aromatic N) is 2. The molecule has 4 heteroatoms. The lowest BCUT2D eigenvalue weighted by atomic mass is 10.1. The Morgan fingerprint density at radius 2 is 2.11 bits per heavy atom. The Morgan fingerprint density at radius 1 is 1.39 bits per heavy atom. The number of fused-ring (bicyclic) bond motifs is 1. The zero-order valence-corrected chi connectivity index (χ0v) is 11.0. The highest BCUT2D eigenvalue weighted by Gasteiger charge is 2.10. The summed E-state index contributed by atoms with van der Waals surface area (Å²) in [6, 6.07) is 8.36. The summed E-state index contributed by atoms with van der Waals surface area (Å²) < 4.78 is 2.14. The molecule has 1 aromatic heterocycles. The van der Waals surface area contributed by atoms with Gasteiger partial charge in [0.05, 0.1) is 6.10 Å². The fourth-order valence-electron chi connectivity index (χ4n) is 2.34. The summed E-state index contributed by atoms with van der Waals surface area (Å²) >= 11 is 0. The van der Waals surface area contributed by atoms with Gasteiger partial charge in [0.2, 0.25) is 0 Å². The van der Waals surface area contributed by atoms with Crippen molar-refractivity contribution in [2.45, 2.75) is 12.6 Å². The summed E-state index contributed by atoms with van der Waals surface area (Å²) in [5.41, 5.74) is 7.94. The van der Waals surface area contributed by atoms with E-state index in [1.807, 2.05) is 13.1 Å². The molecular formula is C14H21N3O. The Kier molecular flexibility index (Phi) is 4.01. The molecule has 0 aliphatic carbocycles. The van der Waals surface area contributed by atoms with Crippen LogP contribution in [0.2, 0.25) is 0 Å². The van der Waals surface area contributed by atoms with Gasteiger partial charge in [0.15, 0.2) is 0 Å². The average molecular weight is 247 g/mol. The molecule has 0 fully saturated rings. The van der Waals surface area contributed by atoms with Crippen LogP contribution in [-0.2, 0) is 13.6 Å². The van der Waals surface area contributed by atoms with Crippen molar-refractivity contribution in [1.82, 2.24) is 9.47 Å². The van der Waals surface area contributed by atoms with Crippen LogP contribution >= 0.6 is 0 Å². The number of para-hydroxylation sites is 1. The summed E-state index contributed by atoms with van der Waals surface area (Å²) in [6.45, 7) is 1.72. The Morgan fingerprint density at radius 3 is 2.83 bits per heavy atom. The number of aliphatic hydroxyl groups excluding tert-OH is 1. The number of hydrogen-bond acceptors (Lipinski definition) is 3. The minimum Gasteiger partial charge on any atom is -0.390 e. The third-order valence-electron chi connectivity index (χ3n) is 3.21. The molecule has 4 nitrogen and oxygen atoms in total. The van der Waals surface area contributed by atoms with E-state index >= 15 is 0 Å². The van der Waals surface area contributed by atoms with E-state index in [0.29, 0.717) is 13.1 Å². The van der Waals surface area contributed by atoms with Gasteiger partial charge in [-0.2, -0.15) is 0 Å². The largest absolute Gasteiger partial charge is 0.390 e. The highest BCUT2D eigenvalue weighted by atomic mass is 16.3. The van der Waals surface area contributed by atoms with Crippen LogP contribution in [0.15, 0.2) is 30.5 Å². The van der Waals surface area contributed by atoms with E-state index in [2.05, 4.69) is 40.9 Å². The van der Waals surface area contributed by atoms with Crippen LogP contribution in [0, 0.1) is 0 Å². The molecule has 18 heavy (non-hydrogen) atoms. The summed E-state index contributed by atoms with van der Waals surface area (Å²) in [5.74, 6) is 0. The van der Waals surface area contributed by atoms with E-state index in [-0.39, 0.29) is 0 Å². The number of benzene rings is 1. The van der Waals surface area contributed by atoms with Crippen molar-refractivity contribution >= 4 is 10.9 Å². The van der Waals surface area contributed by atoms with Crippen molar-refractivity contribution in [3.8, 4) is 0 Å². The van der Waals surface area contributed by atoms with Gasteiger partial charge < -0.3 is 15.4 Å². The topological polar surface area (TPSA) is 54.4 Å². The van der Waals surface area contributed by atoms with E-state index in [1.54, 1.807) is 0 Å². The number of aromatic nitrogens is 1. The molecule has 98 valence electrons. The Balaban J connectivity index is 2.17. The van der Waals surface area contributed by atoms with Crippen molar-refractivity contribution in [3.63, 3.8) is 0 Å². The van der Waals surface area contributed by atoms with Crippen molar-refractivity contribution in [2.75, 3.05) is 20.1 Å². The van der Waals surface area contributed by atoms with Crippen LogP contribution in [0.1, 0.15) is 5.56 Å². The van der Waals surface area contributed by atoms with Crippen LogP contribution < -0.4 is 5.73 Å². The van der Waals surface area contributed by atoms with Gasteiger partial charge in [0, 0.05) is 43.8 Å². The van der Waals surface area contributed by atoms with Crippen LogP contribution in [0.5, 0.6) is 0 Å². The quantitative estimate of drug-likeness (QED) is 0.826. The molecule has 0 saturated carbocycles. The van der Waals surface area contributed by atoms with Crippen molar-refractivity contribution in [3.05, 3.63) is 36.0 Å². The van der Waals surface area contributed by atoms with Gasteiger partial charge in [-0.15, -0.1) is 0 Å². The Hall–Kier alpha value is -1.36. The van der Waals surface area contributed by atoms with E-state index in [4.69, 9.17) is 5.73 Å². The zero-order chi connectivity index (χ0) is 13.1. The first kappa shape index (κ1) is 13.1. The van der Waals surface area contributed by atoms with Crippen LogP contribution in [0.4, 0.5) is 0 Å². The molecule has 1 aromatic carbocycles. The van der Waals surface area contributed by atoms with Crippen molar-refractivity contribution < 1.29 is 5.11 Å². The van der Waals surface area contributed by atoms with Gasteiger partial charge >= 0.3 is 0 Å². The third kappa shape index (κ3) is 2.72. The summed E-state index contributed by atoms with van der Waals surface area (Å²) in [5, 5.41) is 10.8. The first-order valence-electron chi connectivity index (χ1n) is 6.21. The molecule has 1 heterocycles. The molecule has 0 aliphatic heterocycles. The van der Waals surface area contributed by atoms with Crippen molar-refractivity contribution in [2.24, 2.45) is 12.8 Å². The summed E-state index contributed by atoms with van der Waals surface area (Å²) in [6.07, 6.45) is 1.70. The minimum absolute atomic E-state index is 0.305. The molecule has 0 bridgehead atoms. The standard InChI is InChI=1S/C14H21N3O/c1-16(10-12(18)7-15)8-11-9-17(2)14-6-4-3-5-13(11)14/h3-6,9,12,18H,7-8,10,15H2,1-2H3. The predicted octanol–water partition coefficient (Wildman–Crippen LogP) is 0.930. The van der Waals surface area contributed by atoms with E-state index in [0.717, 1.165) is 6.54 Å². The average Bonchev–Trinajstić information content (AvgIpc) is 2.67. The molecule has 1 unspecified atom stereocenters. The first-order chi connectivity index (χ1) is 8.61. The van der Waals surface area contributed by atoms with Gasteiger partial charge in [-0.3, -0.25) is 4.90 Å². The SMILES string of the molecule is CN(Cc1cn(C)c2ccccc12)CC(O)CN. The molecule has 0 aliphatic rings. The molecule has 0 amide bonds. The molecule has 2 rings (SSSR count). The second-order valence-corrected chi connectivity index (χ2v) is 4.87. The fraction of sp³-hybridized carbons (Fsp3) is 0.429. The lowest BCUT2D eigenvalue weighted by Crippen LogP contribution is -2.33. The van der Waals surface area contributed by atoms with E-state index < -0.39 is 6.10 Å². The van der Waals surface area contributed by atoms with Crippen LogP contribution in [0.25, 0.3) is 10.9 Å².